The molecule has 0 unspecified atom stereocenters. The van der Waals surface area contributed by atoms with E-state index < -0.39 is 0 Å². The van der Waals surface area contributed by atoms with Crippen LogP contribution in [-0.4, -0.2) is 31.4 Å². The Labute approximate surface area is 207 Å². The zero-order valence-electron chi connectivity index (χ0n) is 19.6. The van der Waals surface area contributed by atoms with E-state index in [-0.39, 0.29) is 17.5 Å². The zero-order chi connectivity index (χ0) is 24.9. The van der Waals surface area contributed by atoms with E-state index in [4.69, 9.17) is 16.3 Å². The molecule has 2 aromatic heterocycles. The number of rotatable bonds is 8. The van der Waals surface area contributed by atoms with Crippen molar-refractivity contribution in [1.29, 1.82) is 0 Å². The van der Waals surface area contributed by atoms with E-state index in [2.05, 4.69) is 20.8 Å². The van der Waals surface area contributed by atoms with Gasteiger partial charge in [0.2, 0.25) is 0 Å². The highest BCUT2D eigenvalue weighted by atomic mass is 35.5. The largest absolute Gasteiger partial charge is 0.487 e. The van der Waals surface area contributed by atoms with Crippen LogP contribution in [0.25, 0.3) is 0 Å². The first kappa shape index (κ1) is 24.0. The van der Waals surface area contributed by atoms with Crippen LogP contribution >= 0.6 is 11.6 Å². The summed E-state index contributed by atoms with van der Waals surface area (Å²) in [5.74, 6) is -0.0978. The van der Waals surface area contributed by atoms with Gasteiger partial charge in [-0.3, -0.25) is 19.0 Å². The first-order valence-electron chi connectivity index (χ1n) is 10.9. The number of nitrogens with zero attached hydrogens (tertiary/aromatic N) is 4. The molecular weight excluding hydrogens is 468 g/mol. The predicted octanol–water partition coefficient (Wildman–Crippen LogP) is 3.88. The molecule has 2 aromatic carbocycles. The average molecular weight is 493 g/mol. The topological polar surface area (TPSA) is 103 Å². The molecule has 2 N–H and O–H groups in total. The molecular formula is C25H25ClN6O3. The Hall–Kier alpha value is -4.11. The second-order valence-electron chi connectivity index (χ2n) is 8.11. The molecule has 2 heterocycles. The maximum absolute atomic E-state index is 12.8. The van der Waals surface area contributed by atoms with Gasteiger partial charge in [-0.25, -0.2) is 0 Å². The fraction of sp³-hybridized carbons (Fsp3) is 0.200. The zero-order valence-corrected chi connectivity index (χ0v) is 20.3. The molecule has 9 nitrogen and oxygen atoms in total. The quantitative estimate of drug-likeness (QED) is 0.388. The normalized spacial score (nSPS) is 10.7. The van der Waals surface area contributed by atoms with Gasteiger partial charge in [0, 0.05) is 38.0 Å². The molecule has 0 fully saturated rings. The minimum absolute atomic E-state index is 0.252. The molecule has 0 aliphatic carbocycles. The highest BCUT2D eigenvalue weighted by Gasteiger charge is 2.19. The lowest BCUT2D eigenvalue weighted by Gasteiger charge is -2.10. The molecule has 2 amide bonds. The molecule has 0 atom stereocenters. The third kappa shape index (κ3) is 5.88. The second kappa shape index (κ2) is 10.4. The number of anilines is 1. The Bertz CT molecular complexity index is 1360. The summed E-state index contributed by atoms with van der Waals surface area (Å²) in [5, 5.41) is 14.3. The molecule has 0 bridgehead atoms. The molecule has 0 saturated heterocycles. The van der Waals surface area contributed by atoms with E-state index in [1.165, 1.54) is 10.9 Å². The maximum atomic E-state index is 12.8. The number of halogens is 1. The van der Waals surface area contributed by atoms with Gasteiger partial charge >= 0.3 is 0 Å². The summed E-state index contributed by atoms with van der Waals surface area (Å²) in [6.07, 6.45) is 4.94. The fourth-order valence-electron chi connectivity index (χ4n) is 3.46. The van der Waals surface area contributed by atoms with Crippen molar-refractivity contribution >= 4 is 29.1 Å². The molecule has 0 aliphatic rings. The monoisotopic (exact) mass is 492 g/mol. The molecule has 4 aromatic rings. The van der Waals surface area contributed by atoms with Crippen molar-refractivity contribution < 1.29 is 14.3 Å². The van der Waals surface area contributed by atoms with E-state index in [1.54, 1.807) is 43.2 Å². The Morgan fingerprint density at radius 3 is 2.49 bits per heavy atom. The van der Waals surface area contributed by atoms with Crippen LogP contribution in [0.15, 0.2) is 61.1 Å². The lowest BCUT2D eigenvalue weighted by Crippen LogP contribution is -2.26. The lowest BCUT2D eigenvalue weighted by molar-refractivity contribution is 0.0942. The number of aromatic nitrogens is 4. The maximum Gasteiger partial charge on any atom is 0.271 e. The molecule has 35 heavy (non-hydrogen) atoms. The van der Waals surface area contributed by atoms with E-state index in [0.29, 0.717) is 35.2 Å². The van der Waals surface area contributed by atoms with Gasteiger partial charge in [-0.05, 0) is 42.3 Å². The molecule has 0 spiro atoms. The highest BCUT2D eigenvalue weighted by molar-refractivity contribution is 6.32. The summed E-state index contributed by atoms with van der Waals surface area (Å²) in [7, 11) is 3.45. The van der Waals surface area contributed by atoms with Crippen LogP contribution in [0, 0.1) is 6.92 Å². The van der Waals surface area contributed by atoms with E-state index in [0.717, 1.165) is 16.7 Å². The van der Waals surface area contributed by atoms with Crippen molar-refractivity contribution in [1.82, 2.24) is 24.9 Å². The predicted molar refractivity (Wildman–Crippen MR) is 133 cm³/mol. The smallest absolute Gasteiger partial charge is 0.271 e. The third-order valence-electron chi connectivity index (χ3n) is 5.31. The van der Waals surface area contributed by atoms with Gasteiger partial charge in [-0.2, -0.15) is 10.2 Å². The number of aryl methyl sites for hydroxylation is 3. The van der Waals surface area contributed by atoms with Gasteiger partial charge in [0.25, 0.3) is 11.8 Å². The van der Waals surface area contributed by atoms with Crippen molar-refractivity contribution in [2.24, 2.45) is 14.1 Å². The molecule has 0 aliphatic heterocycles. The molecule has 180 valence electrons. The van der Waals surface area contributed by atoms with Crippen molar-refractivity contribution in [3.8, 4) is 5.75 Å². The number of amides is 2. The highest BCUT2D eigenvalue weighted by Crippen LogP contribution is 2.26. The summed E-state index contributed by atoms with van der Waals surface area (Å²) in [4.78, 5) is 25.6. The first-order valence-corrected chi connectivity index (χ1v) is 11.2. The summed E-state index contributed by atoms with van der Waals surface area (Å²) < 4.78 is 8.89. The van der Waals surface area contributed by atoms with Crippen LogP contribution < -0.4 is 15.4 Å². The van der Waals surface area contributed by atoms with E-state index in [9.17, 15) is 9.59 Å². The number of benzene rings is 2. The van der Waals surface area contributed by atoms with Gasteiger partial charge in [0.1, 0.15) is 18.1 Å². The molecule has 0 saturated carbocycles. The number of hydrogen-bond donors (Lipinski definition) is 2. The molecule has 0 radical (unpaired) electrons. The first-order chi connectivity index (χ1) is 16.8. The van der Waals surface area contributed by atoms with Crippen LogP contribution in [-0.2, 0) is 27.2 Å². The second-order valence-corrected chi connectivity index (χ2v) is 8.52. The number of nitrogens with one attached hydrogen (secondary N) is 2. The van der Waals surface area contributed by atoms with Crippen LogP contribution in [0.4, 0.5) is 5.69 Å². The van der Waals surface area contributed by atoms with Crippen molar-refractivity contribution in [3.05, 3.63) is 94.0 Å². The van der Waals surface area contributed by atoms with Gasteiger partial charge in [-0.15, -0.1) is 0 Å². The van der Waals surface area contributed by atoms with Crippen LogP contribution in [0.2, 0.25) is 5.02 Å². The Morgan fingerprint density at radius 1 is 1.00 bits per heavy atom. The summed E-state index contributed by atoms with van der Waals surface area (Å²) in [6.45, 7) is 2.59. The summed E-state index contributed by atoms with van der Waals surface area (Å²) in [5.41, 5.74) is 3.81. The fourth-order valence-corrected chi connectivity index (χ4v) is 3.63. The minimum Gasteiger partial charge on any atom is -0.487 e. The Morgan fingerprint density at radius 2 is 1.77 bits per heavy atom. The van der Waals surface area contributed by atoms with Crippen LogP contribution in [0.1, 0.15) is 37.5 Å². The van der Waals surface area contributed by atoms with Crippen LogP contribution in [0.5, 0.6) is 5.75 Å². The Balaban J connectivity index is 1.38. The number of carbonyl (C=O) groups excluding carboxylic acids is 2. The SMILES string of the molecule is Cc1ccc(Cl)c(OCc2ccc(C(=O)Nc3cnn(C)c3C(=O)NCc3cnn(C)c3)cc2)c1. The number of ether oxygens (including phenoxy) is 1. The number of carbonyl (C=O) groups is 2. The minimum atomic E-state index is -0.355. The van der Waals surface area contributed by atoms with E-state index in [1.807, 2.05) is 37.4 Å². The van der Waals surface area contributed by atoms with Crippen LogP contribution in [0.3, 0.4) is 0 Å². The van der Waals surface area contributed by atoms with Gasteiger partial charge in [-0.1, -0.05) is 29.8 Å². The molecule has 10 heteroatoms. The van der Waals surface area contributed by atoms with Crippen molar-refractivity contribution in [3.63, 3.8) is 0 Å². The van der Waals surface area contributed by atoms with E-state index >= 15 is 0 Å². The Kier molecular flexibility index (Phi) is 7.17. The summed E-state index contributed by atoms with van der Waals surface area (Å²) in [6, 6.07) is 12.6. The molecule has 4 rings (SSSR count). The van der Waals surface area contributed by atoms with Crippen molar-refractivity contribution in [2.45, 2.75) is 20.1 Å². The number of hydrogen-bond acceptors (Lipinski definition) is 5. The van der Waals surface area contributed by atoms with Crippen molar-refractivity contribution in [2.75, 3.05) is 5.32 Å². The standard InChI is InChI=1S/C25H25ClN6O3/c1-16-4-9-20(26)22(10-16)35-15-17-5-7-19(8-6-17)24(33)30-21-13-29-32(3)23(21)25(34)27-11-18-12-28-31(2)14-18/h4-10,12-14H,11,15H2,1-3H3,(H,27,34)(H,30,33). The third-order valence-corrected chi connectivity index (χ3v) is 5.62. The summed E-state index contributed by atoms with van der Waals surface area (Å²) >= 11 is 6.18. The lowest BCUT2D eigenvalue weighted by atomic mass is 10.1. The van der Waals surface area contributed by atoms with Gasteiger partial charge in [0.05, 0.1) is 23.1 Å². The average Bonchev–Trinajstić information content (AvgIpc) is 3.43. The van der Waals surface area contributed by atoms with Gasteiger partial charge in [0.15, 0.2) is 0 Å². The van der Waals surface area contributed by atoms with Gasteiger partial charge < -0.3 is 15.4 Å².